The van der Waals surface area contributed by atoms with Gasteiger partial charge in [0.05, 0.1) is 12.7 Å². The quantitative estimate of drug-likeness (QED) is 0.762. The van der Waals surface area contributed by atoms with E-state index < -0.39 is 5.60 Å². The van der Waals surface area contributed by atoms with Crippen LogP contribution in [-0.2, 0) is 9.47 Å². The normalized spacial score (nSPS) is 22.1. The Kier molecular flexibility index (Phi) is 4.99. The minimum Gasteiger partial charge on any atom is -0.443 e. The number of hydrogen-bond acceptors (Lipinski definition) is 4. The number of hydrogen-bond donors (Lipinski definition) is 0. The van der Waals surface area contributed by atoms with Crippen LogP contribution in [0.3, 0.4) is 0 Å². The fraction of sp³-hybridized carbons (Fsp3) is 0.923. The molecule has 106 valence electrons. The maximum Gasteiger partial charge on any atom is 0.425 e. The number of rotatable bonds is 2. The largest absolute Gasteiger partial charge is 0.443 e. The van der Waals surface area contributed by atoms with Crippen LogP contribution in [0.25, 0.3) is 0 Å². The molecule has 18 heavy (non-hydrogen) atoms. The number of nitrogens with zero attached hydrogens (tertiary/aromatic N) is 2. The predicted molar refractivity (Wildman–Crippen MR) is 70.2 cm³/mol. The molecule has 1 rings (SSSR count). The molecule has 0 saturated carbocycles. The summed E-state index contributed by atoms with van der Waals surface area (Å²) in [4.78, 5) is 12.2. The third-order valence-electron chi connectivity index (χ3n) is 2.59. The van der Waals surface area contributed by atoms with E-state index in [4.69, 9.17) is 9.47 Å². The van der Waals surface area contributed by atoms with Crippen molar-refractivity contribution in [3.63, 3.8) is 0 Å². The lowest BCUT2D eigenvalue weighted by molar-refractivity contribution is -0.125. The summed E-state index contributed by atoms with van der Waals surface area (Å²) in [6.07, 6.45) is -0.144. The molecule has 0 aliphatic carbocycles. The van der Waals surface area contributed by atoms with E-state index in [-0.39, 0.29) is 18.2 Å². The molecular weight excluding hydrogens is 232 g/mol. The molecule has 1 aliphatic rings. The van der Waals surface area contributed by atoms with E-state index in [1.165, 1.54) is 0 Å². The molecule has 0 aromatic heterocycles. The van der Waals surface area contributed by atoms with Crippen LogP contribution in [0.5, 0.6) is 0 Å². The zero-order valence-corrected chi connectivity index (χ0v) is 12.4. The summed E-state index contributed by atoms with van der Waals surface area (Å²) in [5.41, 5.74) is -0.470. The number of hydrazine groups is 1. The molecule has 1 heterocycles. The number of morpholine rings is 1. The van der Waals surface area contributed by atoms with E-state index in [9.17, 15) is 4.79 Å². The summed E-state index contributed by atoms with van der Waals surface area (Å²) >= 11 is 0. The van der Waals surface area contributed by atoms with Crippen molar-refractivity contribution >= 4 is 6.09 Å². The van der Waals surface area contributed by atoms with Gasteiger partial charge in [0.2, 0.25) is 0 Å². The second kappa shape index (κ2) is 5.89. The summed E-state index contributed by atoms with van der Waals surface area (Å²) in [7, 11) is 0. The van der Waals surface area contributed by atoms with Crippen LogP contribution in [0.1, 0.15) is 41.5 Å². The maximum atomic E-state index is 12.2. The molecule has 1 atom stereocenters. The van der Waals surface area contributed by atoms with Gasteiger partial charge >= 0.3 is 6.09 Å². The molecule has 1 unspecified atom stereocenters. The highest BCUT2D eigenvalue weighted by atomic mass is 16.6. The van der Waals surface area contributed by atoms with Crippen LogP contribution < -0.4 is 0 Å². The lowest BCUT2D eigenvalue weighted by Gasteiger charge is -2.41. The fourth-order valence-electron chi connectivity index (χ4n) is 1.96. The zero-order chi connectivity index (χ0) is 13.9. The van der Waals surface area contributed by atoms with Crippen molar-refractivity contribution in [1.29, 1.82) is 0 Å². The highest BCUT2D eigenvalue weighted by Crippen LogP contribution is 2.16. The van der Waals surface area contributed by atoms with Gasteiger partial charge in [-0.3, -0.25) is 0 Å². The molecule has 0 spiro atoms. The minimum absolute atomic E-state index is 0.0742. The third kappa shape index (κ3) is 4.46. The number of carbonyl (C=O) groups excluding carboxylic acids is 1. The Morgan fingerprint density at radius 3 is 2.50 bits per heavy atom. The average Bonchev–Trinajstić information content (AvgIpc) is 2.13. The van der Waals surface area contributed by atoms with Crippen molar-refractivity contribution in [2.45, 2.75) is 59.3 Å². The summed E-state index contributed by atoms with van der Waals surface area (Å²) < 4.78 is 11.0. The lowest BCUT2D eigenvalue weighted by atomic mass is 10.2. The fourth-order valence-corrected chi connectivity index (χ4v) is 1.96. The standard InChI is InChI=1S/C13H26N2O3/c1-10(2)15(12(16)18-13(4,5)6)14-7-8-17-11(3)9-14/h10-11H,7-9H2,1-6H3. The average molecular weight is 258 g/mol. The molecule has 1 saturated heterocycles. The van der Waals surface area contributed by atoms with Crippen molar-refractivity contribution in [3.05, 3.63) is 0 Å². The molecule has 0 aromatic rings. The van der Waals surface area contributed by atoms with Crippen LogP contribution in [0.2, 0.25) is 0 Å². The Balaban J connectivity index is 2.72. The van der Waals surface area contributed by atoms with E-state index in [0.717, 1.165) is 13.1 Å². The SMILES string of the molecule is CC1CN(N(C(=O)OC(C)(C)C)C(C)C)CCO1. The van der Waals surface area contributed by atoms with Gasteiger partial charge in [0.15, 0.2) is 0 Å². The molecule has 5 heteroatoms. The number of ether oxygens (including phenoxy) is 2. The van der Waals surface area contributed by atoms with Gasteiger partial charge in [-0.15, -0.1) is 0 Å². The maximum absolute atomic E-state index is 12.2. The Bertz CT molecular complexity index is 286. The van der Waals surface area contributed by atoms with Crippen LogP contribution in [-0.4, -0.2) is 53.6 Å². The van der Waals surface area contributed by atoms with Crippen LogP contribution in [0.4, 0.5) is 4.79 Å². The minimum atomic E-state index is -0.470. The van der Waals surface area contributed by atoms with E-state index in [1.807, 2.05) is 46.6 Å². The first-order valence-corrected chi connectivity index (χ1v) is 6.59. The molecule has 1 amide bonds. The summed E-state index contributed by atoms with van der Waals surface area (Å²) in [6.45, 7) is 13.7. The van der Waals surface area contributed by atoms with Gasteiger partial charge in [-0.25, -0.2) is 14.8 Å². The Morgan fingerprint density at radius 1 is 1.44 bits per heavy atom. The summed E-state index contributed by atoms with van der Waals surface area (Å²) in [5, 5.41) is 3.72. The van der Waals surface area contributed by atoms with Crippen molar-refractivity contribution in [2.75, 3.05) is 19.7 Å². The van der Waals surface area contributed by atoms with Gasteiger partial charge in [-0.05, 0) is 41.5 Å². The van der Waals surface area contributed by atoms with Crippen molar-refractivity contribution < 1.29 is 14.3 Å². The molecule has 1 aliphatic heterocycles. The smallest absolute Gasteiger partial charge is 0.425 e. The Morgan fingerprint density at radius 2 is 2.06 bits per heavy atom. The summed E-state index contributed by atoms with van der Waals surface area (Å²) in [5.74, 6) is 0. The van der Waals surface area contributed by atoms with Crippen molar-refractivity contribution in [1.82, 2.24) is 10.0 Å². The van der Waals surface area contributed by atoms with E-state index in [2.05, 4.69) is 0 Å². The number of amides is 1. The van der Waals surface area contributed by atoms with Gasteiger partial charge < -0.3 is 9.47 Å². The Labute approximate surface area is 110 Å². The monoisotopic (exact) mass is 258 g/mol. The molecule has 0 radical (unpaired) electrons. The highest BCUT2D eigenvalue weighted by molar-refractivity contribution is 5.67. The number of carbonyl (C=O) groups is 1. The topological polar surface area (TPSA) is 42.0 Å². The van der Waals surface area contributed by atoms with Crippen LogP contribution in [0.15, 0.2) is 0 Å². The van der Waals surface area contributed by atoms with Crippen LogP contribution >= 0.6 is 0 Å². The van der Waals surface area contributed by atoms with Gasteiger partial charge in [-0.1, -0.05) is 0 Å². The molecule has 0 aromatic carbocycles. The van der Waals surface area contributed by atoms with Gasteiger partial charge in [0.25, 0.3) is 0 Å². The molecule has 1 fully saturated rings. The van der Waals surface area contributed by atoms with Gasteiger partial charge in [0, 0.05) is 19.1 Å². The van der Waals surface area contributed by atoms with E-state index in [1.54, 1.807) is 5.01 Å². The first-order valence-electron chi connectivity index (χ1n) is 6.59. The zero-order valence-electron chi connectivity index (χ0n) is 12.4. The molecule has 0 bridgehead atoms. The first kappa shape index (κ1) is 15.2. The first-order chi connectivity index (χ1) is 8.20. The molecule has 0 N–H and O–H groups in total. The van der Waals surface area contributed by atoms with Crippen molar-refractivity contribution in [2.24, 2.45) is 0 Å². The second-order valence-electron chi connectivity index (χ2n) is 6.01. The van der Waals surface area contributed by atoms with E-state index in [0.29, 0.717) is 6.61 Å². The second-order valence-corrected chi connectivity index (χ2v) is 6.01. The Hall–Kier alpha value is -0.810. The third-order valence-corrected chi connectivity index (χ3v) is 2.59. The van der Waals surface area contributed by atoms with E-state index >= 15 is 0 Å². The van der Waals surface area contributed by atoms with Gasteiger partial charge in [-0.2, -0.15) is 0 Å². The van der Waals surface area contributed by atoms with Crippen LogP contribution in [0, 0.1) is 0 Å². The van der Waals surface area contributed by atoms with Gasteiger partial charge in [0.1, 0.15) is 5.60 Å². The molecule has 5 nitrogen and oxygen atoms in total. The highest BCUT2D eigenvalue weighted by Gasteiger charge is 2.31. The molecular formula is C13H26N2O3. The predicted octanol–water partition coefficient (Wildman–Crippen LogP) is 2.27. The van der Waals surface area contributed by atoms with Crippen molar-refractivity contribution in [3.8, 4) is 0 Å². The lowest BCUT2D eigenvalue weighted by Crippen LogP contribution is -2.57. The summed E-state index contributed by atoms with van der Waals surface area (Å²) in [6, 6.07) is 0.0742.